The van der Waals surface area contributed by atoms with Crippen molar-refractivity contribution >= 4 is 5.97 Å². The van der Waals surface area contributed by atoms with Crippen molar-refractivity contribution < 1.29 is 19.0 Å². The molecule has 2 atom stereocenters. The zero-order chi connectivity index (χ0) is 15.8. The van der Waals surface area contributed by atoms with E-state index >= 15 is 0 Å². The fourth-order valence-electron chi connectivity index (χ4n) is 2.99. The van der Waals surface area contributed by atoms with Gasteiger partial charge in [0.1, 0.15) is 0 Å². The predicted octanol–water partition coefficient (Wildman–Crippen LogP) is 2.16. The van der Waals surface area contributed by atoms with Crippen LogP contribution in [0.4, 0.5) is 0 Å². The molecule has 0 saturated carbocycles. The Balaban J connectivity index is 1.70. The number of rotatable bonds is 9. The molecule has 5 heteroatoms. The van der Waals surface area contributed by atoms with E-state index in [4.69, 9.17) is 14.2 Å². The van der Waals surface area contributed by atoms with Gasteiger partial charge >= 0.3 is 5.97 Å². The van der Waals surface area contributed by atoms with Gasteiger partial charge in [0, 0.05) is 38.4 Å². The average Bonchev–Trinajstić information content (AvgIpc) is 3.16. The van der Waals surface area contributed by atoms with Gasteiger partial charge < -0.3 is 14.2 Å². The van der Waals surface area contributed by atoms with Crippen molar-refractivity contribution in [3.05, 3.63) is 12.2 Å². The Morgan fingerprint density at radius 1 is 1.18 bits per heavy atom. The normalized spacial score (nSPS) is 24.8. The van der Waals surface area contributed by atoms with Crippen LogP contribution in [0.15, 0.2) is 12.2 Å². The van der Waals surface area contributed by atoms with Crippen LogP contribution in [0.5, 0.6) is 0 Å². The van der Waals surface area contributed by atoms with Gasteiger partial charge in [0.2, 0.25) is 0 Å². The summed E-state index contributed by atoms with van der Waals surface area (Å²) in [5.41, 5.74) is 0.454. The fraction of sp³-hybridized carbons (Fsp3) is 0.824. The number of nitrogens with zero attached hydrogens (tertiary/aromatic N) is 1. The first-order chi connectivity index (χ1) is 10.6. The minimum Gasteiger partial charge on any atom is -0.462 e. The molecule has 0 radical (unpaired) electrons. The molecule has 0 aromatic carbocycles. The van der Waals surface area contributed by atoms with Gasteiger partial charge in [-0.3, -0.25) is 4.90 Å². The zero-order valence-corrected chi connectivity index (χ0v) is 13.7. The van der Waals surface area contributed by atoms with Crippen LogP contribution >= 0.6 is 0 Å². The summed E-state index contributed by atoms with van der Waals surface area (Å²) < 4.78 is 16.7. The van der Waals surface area contributed by atoms with E-state index in [1.54, 1.807) is 6.92 Å². The molecule has 0 amide bonds. The van der Waals surface area contributed by atoms with E-state index in [0.29, 0.717) is 24.4 Å². The molecule has 22 heavy (non-hydrogen) atoms. The molecule has 2 saturated heterocycles. The molecule has 0 aromatic heterocycles. The highest BCUT2D eigenvalue weighted by atomic mass is 16.5. The molecule has 2 unspecified atom stereocenters. The number of ether oxygens (including phenoxy) is 3. The van der Waals surface area contributed by atoms with Gasteiger partial charge in [-0.15, -0.1) is 0 Å². The molecule has 0 aliphatic carbocycles. The highest BCUT2D eigenvalue weighted by molar-refractivity contribution is 5.86. The van der Waals surface area contributed by atoms with Crippen LogP contribution in [-0.4, -0.2) is 62.5 Å². The first-order valence-corrected chi connectivity index (χ1v) is 8.43. The van der Waals surface area contributed by atoms with Gasteiger partial charge in [-0.1, -0.05) is 6.58 Å². The third kappa shape index (κ3) is 6.07. The Labute approximate surface area is 133 Å². The molecule has 2 rings (SSSR count). The maximum Gasteiger partial charge on any atom is 0.333 e. The van der Waals surface area contributed by atoms with Crippen molar-refractivity contribution in [1.29, 1.82) is 0 Å². The van der Waals surface area contributed by atoms with Gasteiger partial charge in [-0.05, 0) is 39.0 Å². The first-order valence-electron chi connectivity index (χ1n) is 8.43. The van der Waals surface area contributed by atoms with Gasteiger partial charge in [0.25, 0.3) is 0 Å². The lowest BCUT2D eigenvalue weighted by Crippen LogP contribution is -2.38. The van der Waals surface area contributed by atoms with Crippen LogP contribution in [0.1, 0.15) is 39.0 Å². The van der Waals surface area contributed by atoms with Crippen molar-refractivity contribution in [1.82, 2.24) is 4.90 Å². The molecule has 5 nitrogen and oxygen atoms in total. The molecule has 2 heterocycles. The monoisotopic (exact) mass is 311 g/mol. The molecule has 0 spiro atoms. The number of carbonyl (C=O) groups is 1. The average molecular weight is 311 g/mol. The van der Waals surface area contributed by atoms with Gasteiger partial charge in [-0.2, -0.15) is 0 Å². The van der Waals surface area contributed by atoms with Gasteiger partial charge in [-0.25, -0.2) is 4.79 Å². The van der Waals surface area contributed by atoms with Crippen LogP contribution in [0.2, 0.25) is 0 Å². The number of hydrogen-bond acceptors (Lipinski definition) is 5. The van der Waals surface area contributed by atoms with E-state index in [-0.39, 0.29) is 5.97 Å². The SMILES string of the molecule is C=C(C)C(=O)OCCCN(CC1CCCO1)CC1CCCO1. The number of carbonyl (C=O) groups excluding carboxylic acids is 1. The third-order valence-corrected chi connectivity index (χ3v) is 4.17. The second kappa shape index (κ2) is 9.28. The van der Waals surface area contributed by atoms with Gasteiger partial charge in [0.15, 0.2) is 0 Å². The molecule has 0 aromatic rings. The predicted molar refractivity (Wildman–Crippen MR) is 84.8 cm³/mol. The van der Waals surface area contributed by atoms with Crippen LogP contribution in [0.3, 0.4) is 0 Å². The highest BCUT2D eigenvalue weighted by Crippen LogP contribution is 2.17. The Kier molecular flexibility index (Phi) is 7.36. The fourth-order valence-corrected chi connectivity index (χ4v) is 2.99. The van der Waals surface area contributed by atoms with Crippen LogP contribution in [0, 0.1) is 0 Å². The van der Waals surface area contributed by atoms with E-state index < -0.39 is 0 Å². The maximum atomic E-state index is 11.4. The number of esters is 1. The van der Waals surface area contributed by atoms with Crippen molar-refractivity contribution in [3.8, 4) is 0 Å². The van der Waals surface area contributed by atoms with Crippen molar-refractivity contribution in [3.63, 3.8) is 0 Å². The van der Waals surface area contributed by atoms with Gasteiger partial charge in [0.05, 0.1) is 18.8 Å². The highest BCUT2D eigenvalue weighted by Gasteiger charge is 2.23. The van der Waals surface area contributed by atoms with Crippen molar-refractivity contribution in [2.24, 2.45) is 0 Å². The minimum atomic E-state index is -0.301. The Bertz CT molecular complexity index is 342. The van der Waals surface area contributed by atoms with E-state index in [1.807, 2.05) is 0 Å². The Morgan fingerprint density at radius 3 is 2.23 bits per heavy atom. The third-order valence-electron chi connectivity index (χ3n) is 4.17. The largest absolute Gasteiger partial charge is 0.462 e. The Hall–Kier alpha value is -0.910. The summed E-state index contributed by atoms with van der Waals surface area (Å²) >= 11 is 0. The topological polar surface area (TPSA) is 48.0 Å². The van der Waals surface area contributed by atoms with E-state index in [2.05, 4.69) is 11.5 Å². The van der Waals surface area contributed by atoms with Crippen molar-refractivity contribution in [2.45, 2.75) is 51.2 Å². The molecule has 2 fully saturated rings. The van der Waals surface area contributed by atoms with Crippen LogP contribution in [0.25, 0.3) is 0 Å². The summed E-state index contributed by atoms with van der Waals surface area (Å²) in [4.78, 5) is 13.8. The molecule has 2 aliphatic heterocycles. The molecule has 126 valence electrons. The lowest BCUT2D eigenvalue weighted by molar-refractivity contribution is -0.139. The standard InChI is InChI=1S/C17H29NO4/c1-14(2)17(19)22-11-5-8-18(12-15-6-3-9-20-15)13-16-7-4-10-21-16/h15-16H,1,3-13H2,2H3. The van der Waals surface area contributed by atoms with E-state index in [9.17, 15) is 4.79 Å². The summed E-state index contributed by atoms with van der Waals surface area (Å²) in [5, 5.41) is 0. The molecular formula is C17H29NO4. The van der Waals surface area contributed by atoms with Crippen molar-refractivity contribution in [2.75, 3.05) is 39.5 Å². The number of hydrogen-bond donors (Lipinski definition) is 0. The Morgan fingerprint density at radius 2 is 1.77 bits per heavy atom. The molecule has 0 N–H and O–H groups in total. The van der Waals surface area contributed by atoms with E-state index in [0.717, 1.165) is 65.0 Å². The lowest BCUT2D eigenvalue weighted by Gasteiger charge is -2.27. The second-order valence-electron chi connectivity index (χ2n) is 6.30. The molecule has 2 aliphatic rings. The quantitative estimate of drug-likeness (QED) is 0.371. The molecule has 0 bridgehead atoms. The summed E-state index contributed by atoms with van der Waals surface area (Å²) in [6.45, 7) is 10.3. The maximum absolute atomic E-state index is 11.4. The summed E-state index contributed by atoms with van der Waals surface area (Å²) in [6.07, 6.45) is 6.14. The second-order valence-corrected chi connectivity index (χ2v) is 6.30. The smallest absolute Gasteiger partial charge is 0.333 e. The zero-order valence-electron chi connectivity index (χ0n) is 13.7. The first kappa shape index (κ1) is 17.4. The minimum absolute atomic E-state index is 0.301. The molecular weight excluding hydrogens is 282 g/mol. The van der Waals surface area contributed by atoms with E-state index in [1.165, 1.54) is 0 Å². The summed E-state index contributed by atoms with van der Waals surface area (Å²) in [5.74, 6) is -0.301. The van der Waals surface area contributed by atoms with Crippen LogP contribution in [-0.2, 0) is 19.0 Å². The van der Waals surface area contributed by atoms with Crippen LogP contribution < -0.4 is 0 Å². The summed E-state index contributed by atoms with van der Waals surface area (Å²) in [7, 11) is 0. The lowest BCUT2D eigenvalue weighted by atomic mass is 10.2. The summed E-state index contributed by atoms with van der Waals surface area (Å²) in [6, 6.07) is 0.